The summed E-state index contributed by atoms with van der Waals surface area (Å²) in [5, 5.41) is 4.81. The summed E-state index contributed by atoms with van der Waals surface area (Å²) in [7, 11) is 0. The van der Waals surface area contributed by atoms with Crippen LogP contribution in [0.4, 0.5) is 11.4 Å². The zero-order chi connectivity index (χ0) is 20.9. The summed E-state index contributed by atoms with van der Waals surface area (Å²) in [5.41, 5.74) is 2.37. The van der Waals surface area contributed by atoms with Gasteiger partial charge in [0, 0.05) is 24.3 Å². The van der Waals surface area contributed by atoms with Gasteiger partial charge >= 0.3 is 5.97 Å². The predicted molar refractivity (Wildman–Crippen MR) is 117 cm³/mol. The molecule has 1 amide bonds. The molecule has 1 saturated heterocycles. The standard InChI is InChI=1S/C24H24N2O4/c1-2-30-24(28)21-16-18(10-11-22(21)26-12-14-29-15-13-26)25-23(27)20-9-5-7-17-6-3-4-8-19(17)20/h3-11,16H,2,12-15H2,1H3,(H,25,27). The smallest absolute Gasteiger partial charge is 0.340 e. The van der Waals surface area contributed by atoms with Gasteiger partial charge in [-0.1, -0.05) is 36.4 Å². The average molecular weight is 404 g/mol. The third kappa shape index (κ3) is 4.14. The molecule has 0 atom stereocenters. The van der Waals surface area contributed by atoms with Gasteiger partial charge in [-0.15, -0.1) is 0 Å². The lowest BCUT2D eigenvalue weighted by Gasteiger charge is -2.30. The monoisotopic (exact) mass is 404 g/mol. The molecule has 3 aromatic rings. The second-order valence-corrected chi connectivity index (χ2v) is 7.03. The number of anilines is 2. The summed E-state index contributed by atoms with van der Waals surface area (Å²) in [4.78, 5) is 27.7. The Morgan fingerprint density at radius 3 is 2.57 bits per heavy atom. The number of ether oxygens (including phenoxy) is 2. The maximum atomic E-state index is 13.0. The van der Waals surface area contributed by atoms with Crippen molar-refractivity contribution in [2.24, 2.45) is 0 Å². The maximum absolute atomic E-state index is 13.0. The molecule has 0 radical (unpaired) electrons. The molecule has 154 valence electrons. The third-order valence-corrected chi connectivity index (χ3v) is 5.14. The molecule has 1 fully saturated rings. The summed E-state index contributed by atoms with van der Waals surface area (Å²) in [5.74, 6) is -0.624. The van der Waals surface area contributed by atoms with Gasteiger partial charge in [0.2, 0.25) is 0 Å². The lowest BCUT2D eigenvalue weighted by atomic mass is 10.0. The Morgan fingerprint density at radius 2 is 1.77 bits per heavy atom. The van der Waals surface area contributed by atoms with Crippen molar-refractivity contribution in [2.75, 3.05) is 43.1 Å². The quantitative estimate of drug-likeness (QED) is 0.649. The van der Waals surface area contributed by atoms with Crippen LogP contribution in [0.25, 0.3) is 10.8 Å². The summed E-state index contributed by atoms with van der Waals surface area (Å²) in [6.45, 7) is 4.69. The van der Waals surface area contributed by atoms with Gasteiger partial charge in [0.15, 0.2) is 0 Å². The molecule has 6 heteroatoms. The number of carbonyl (C=O) groups excluding carboxylic acids is 2. The van der Waals surface area contributed by atoms with Crippen LogP contribution in [0.15, 0.2) is 60.7 Å². The molecule has 1 heterocycles. The van der Waals surface area contributed by atoms with Crippen LogP contribution in [0.5, 0.6) is 0 Å². The largest absolute Gasteiger partial charge is 0.462 e. The number of nitrogens with zero attached hydrogens (tertiary/aromatic N) is 1. The van der Waals surface area contributed by atoms with Crippen molar-refractivity contribution in [1.82, 2.24) is 0 Å². The second kappa shape index (κ2) is 8.97. The van der Waals surface area contributed by atoms with Crippen LogP contribution in [-0.2, 0) is 9.47 Å². The van der Waals surface area contributed by atoms with Gasteiger partial charge in [0.25, 0.3) is 5.91 Å². The van der Waals surface area contributed by atoms with Crippen LogP contribution >= 0.6 is 0 Å². The minimum atomic E-state index is -0.403. The van der Waals surface area contributed by atoms with Gasteiger partial charge in [0.05, 0.1) is 31.1 Å². The fourth-order valence-corrected chi connectivity index (χ4v) is 3.69. The Kier molecular flexibility index (Phi) is 5.95. The minimum Gasteiger partial charge on any atom is -0.462 e. The van der Waals surface area contributed by atoms with Gasteiger partial charge < -0.3 is 19.7 Å². The van der Waals surface area contributed by atoms with Crippen LogP contribution in [-0.4, -0.2) is 44.8 Å². The number of nitrogens with one attached hydrogen (secondary N) is 1. The number of carbonyl (C=O) groups is 2. The zero-order valence-electron chi connectivity index (χ0n) is 16.9. The molecular weight excluding hydrogens is 380 g/mol. The summed E-state index contributed by atoms with van der Waals surface area (Å²) in [6.07, 6.45) is 0. The Balaban J connectivity index is 1.64. The molecule has 1 aliphatic heterocycles. The van der Waals surface area contributed by atoms with Crippen molar-refractivity contribution in [3.05, 3.63) is 71.8 Å². The topological polar surface area (TPSA) is 67.9 Å². The Hall–Kier alpha value is -3.38. The number of amides is 1. The number of morpholine rings is 1. The lowest BCUT2D eigenvalue weighted by Crippen LogP contribution is -2.37. The Labute approximate surface area is 175 Å². The van der Waals surface area contributed by atoms with Crippen LogP contribution in [0.3, 0.4) is 0 Å². The number of rotatable bonds is 5. The van der Waals surface area contributed by atoms with E-state index < -0.39 is 5.97 Å². The van der Waals surface area contributed by atoms with Crippen molar-refractivity contribution in [3.63, 3.8) is 0 Å². The molecule has 4 rings (SSSR count). The third-order valence-electron chi connectivity index (χ3n) is 5.14. The summed E-state index contributed by atoms with van der Waals surface area (Å²) < 4.78 is 10.7. The molecule has 3 aromatic carbocycles. The van der Waals surface area contributed by atoms with Gasteiger partial charge in [-0.05, 0) is 42.0 Å². The molecular formula is C24H24N2O4. The van der Waals surface area contributed by atoms with Crippen molar-refractivity contribution in [1.29, 1.82) is 0 Å². The maximum Gasteiger partial charge on any atom is 0.340 e. The van der Waals surface area contributed by atoms with E-state index in [1.54, 1.807) is 19.1 Å². The van der Waals surface area contributed by atoms with Crippen molar-refractivity contribution >= 4 is 34.0 Å². The van der Waals surface area contributed by atoms with Crippen LogP contribution < -0.4 is 10.2 Å². The number of hydrogen-bond acceptors (Lipinski definition) is 5. The molecule has 1 N–H and O–H groups in total. The van der Waals surface area contributed by atoms with E-state index in [0.29, 0.717) is 43.1 Å². The van der Waals surface area contributed by atoms with E-state index in [0.717, 1.165) is 16.5 Å². The first-order valence-electron chi connectivity index (χ1n) is 10.1. The summed E-state index contributed by atoms with van der Waals surface area (Å²) in [6, 6.07) is 18.8. The van der Waals surface area contributed by atoms with Crippen LogP contribution in [0.1, 0.15) is 27.6 Å². The van der Waals surface area contributed by atoms with E-state index in [2.05, 4.69) is 10.2 Å². The van der Waals surface area contributed by atoms with Gasteiger partial charge in [-0.2, -0.15) is 0 Å². The molecule has 1 aliphatic rings. The second-order valence-electron chi connectivity index (χ2n) is 7.03. The highest BCUT2D eigenvalue weighted by Crippen LogP contribution is 2.27. The SMILES string of the molecule is CCOC(=O)c1cc(NC(=O)c2cccc3ccccc23)ccc1N1CCOCC1. The molecule has 0 spiro atoms. The first kappa shape index (κ1) is 19.9. The number of fused-ring (bicyclic) bond motifs is 1. The van der Waals surface area contributed by atoms with Crippen molar-refractivity contribution in [2.45, 2.75) is 6.92 Å². The first-order chi connectivity index (χ1) is 14.7. The highest BCUT2D eigenvalue weighted by Gasteiger charge is 2.21. The highest BCUT2D eigenvalue weighted by molar-refractivity contribution is 6.13. The van der Waals surface area contributed by atoms with E-state index >= 15 is 0 Å². The summed E-state index contributed by atoms with van der Waals surface area (Å²) >= 11 is 0. The van der Waals surface area contributed by atoms with Crippen LogP contribution in [0, 0.1) is 0 Å². The highest BCUT2D eigenvalue weighted by atomic mass is 16.5. The van der Waals surface area contributed by atoms with Gasteiger partial charge in [-0.3, -0.25) is 4.79 Å². The van der Waals surface area contributed by atoms with Crippen molar-refractivity contribution in [3.8, 4) is 0 Å². The number of esters is 1. The Morgan fingerprint density at radius 1 is 1.00 bits per heavy atom. The first-order valence-corrected chi connectivity index (χ1v) is 10.1. The molecule has 0 saturated carbocycles. The number of benzene rings is 3. The zero-order valence-corrected chi connectivity index (χ0v) is 16.9. The number of hydrogen-bond donors (Lipinski definition) is 1. The molecule has 0 aliphatic carbocycles. The van der Waals surface area contributed by atoms with E-state index in [1.807, 2.05) is 48.5 Å². The average Bonchev–Trinajstić information content (AvgIpc) is 2.79. The normalized spacial score (nSPS) is 13.8. The molecule has 0 unspecified atom stereocenters. The van der Waals surface area contributed by atoms with E-state index in [-0.39, 0.29) is 12.5 Å². The predicted octanol–water partition coefficient (Wildman–Crippen LogP) is 4.11. The van der Waals surface area contributed by atoms with Gasteiger partial charge in [0.1, 0.15) is 0 Å². The van der Waals surface area contributed by atoms with Gasteiger partial charge in [-0.25, -0.2) is 4.79 Å². The van der Waals surface area contributed by atoms with Crippen LogP contribution in [0.2, 0.25) is 0 Å². The van der Waals surface area contributed by atoms with E-state index in [9.17, 15) is 9.59 Å². The van der Waals surface area contributed by atoms with Crippen molar-refractivity contribution < 1.29 is 19.1 Å². The fourth-order valence-electron chi connectivity index (χ4n) is 3.69. The Bertz CT molecular complexity index is 1070. The van der Waals surface area contributed by atoms with E-state index in [4.69, 9.17) is 9.47 Å². The molecule has 30 heavy (non-hydrogen) atoms. The lowest BCUT2D eigenvalue weighted by molar-refractivity contribution is 0.0526. The van der Waals surface area contributed by atoms with E-state index in [1.165, 1.54) is 0 Å². The molecule has 0 aromatic heterocycles. The fraction of sp³-hybridized carbons (Fsp3) is 0.250. The molecule has 6 nitrogen and oxygen atoms in total. The minimum absolute atomic E-state index is 0.222. The molecule has 0 bridgehead atoms.